The van der Waals surface area contributed by atoms with Crippen molar-refractivity contribution in [3.05, 3.63) is 29.6 Å². The zero-order valence-corrected chi connectivity index (χ0v) is 19.6. The summed E-state index contributed by atoms with van der Waals surface area (Å²) in [6.07, 6.45) is 4.63. The molecule has 1 amide bonds. The van der Waals surface area contributed by atoms with E-state index in [-0.39, 0.29) is 17.9 Å². The molecule has 1 aliphatic heterocycles. The number of aromatic nitrogens is 3. The lowest BCUT2D eigenvalue weighted by atomic mass is 9.99. The van der Waals surface area contributed by atoms with E-state index < -0.39 is 0 Å². The van der Waals surface area contributed by atoms with Gasteiger partial charge in [-0.3, -0.25) is 9.78 Å². The smallest absolute Gasteiger partial charge is 0.242 e. The summed E-state index contributed by atoms with van der Waals surface area (Å²) in [5, 5.41) is 0. The SMILES string of the molecule is CN(CC(=O)N1CCOCC1)c1nc(-c2cc(OCC(C)(C)C)ccn2)nc2c1CCC2. The third-order valence-electron chi connectivity index (χ3n) is 5.64. The van der Waals surface area contributed by atoms with Crippen molar-refractivity contribution in [2.24, 2.45) is 5.41 Å². The minimum atomic E-state index is 0.0659. The van der Waals surface area contributed by atoms with Gasteiger partial charge in [-0.05, 0) is 30.7 Å². The van der Waals surface area contributed by atoms with Gasteiger partial charge in [-0.25, -0.2) is 9.97 Å². The Labute approximate surface area is 190 Å². The van der Waals surface area contributed by atoms with Gasteiger partial charge in [-0.15, -0.1) is 0 Å². The second-order valence-electron chi connectivity index (χ2n) is 9.72. The Morgan fingerprint density at radius 3 is 2.75 bits per heavy atom. The summed E-state index contributed by atoms with van der Waals surface area (Å²) >= 11 is 0. The monoisotopic (exact) mass is 439 g/mol. The van der Waals surface area contributed by atoms with Crippen molar-refractivity contribution in [3.63, 3.8) is 0 Å². The Morgan fingerprint density at radius 2 is 2.00 bits per heavy atom. The molecule has 172 valence electrons. The molecule has 0 radical (unpaired) electrons. The Kier molecular flexibility index (Phi) is 6.60. The zero-order valence-electron chi connectivity index (χ0n) is 19.6. The van der Waals surface area contributed by atoms with Crippen LogP contribution in [0.5, 0.6) is 5.75 Å². The van der Waals surface area contributed by atoms with Crippen LogP contribution in [0.25, 0.3) is 11.5 Å². The Bertz CT molecular complexity index is 967. The largest absolute Gasteiger partial charge is 0.493 e. The number of carbonyl (C=O) groups excluding carboxylic acids is 1. The second-order valence-corrected chi connectivity index (χ2v) is 9.72. The molecular formula is C24H33N5O3. The third-order valence-corrected chi connectivity index (χ3v) is 5.64. The molecule has 2 aromatic heterocycles. The number of anilines is 1. The number of likely N-dealkylation sites (N-methyl/N-ethyl adjacent to an activating group) is 1. The van der Waals surface area contributed by atoms with E-state index in [2.05, 4.69) is 25.8 Å². The molecule has 1 fully saturated rings. The lowest BCUT2D eigenvalue weighted by molar-refractivity contribution is -0.133. The number of aryl methyl sites for hydroxylation is 1. The third kappa shape index (κ3) is 5.35. The number of carbonyl (C=O) groups is 1. The van der Waals surface area contributed by atoms with Gasteiger partial charge in [0, 0.05) is 43.7 Å². The molecule has 0 saturated carbocycles. The van der Waals surface area contributed by atoms with Crippen molar-refractivity contribution in [3.8, 4) is 17.3 Å². The number of hydrogen-bond donors (Lipinski definition) is 0. The number of rotatable bonds is 6. The molecule has 8 nitrogen and oxygen atoms in total. The first kappa shape index (κ1) is 22.5. The van der Waals surface area contributed by atoms with Crippen LogP contribution in [-0.4, -0.2) is 72.3 Å². The van der Waals surface area contributed by atoms with Crippen LogP contribution < -0.4 is 9.64 Å². The fourth-order valence-corrected chi connectivity index (χ4v) is 3.96. The fourth-order valence-electron chi connectivity index (χ4n) is 3.96. The highest BCUT2D eigenvalue weighted by Gasteiger charge is 2.25. The molecule has 2 aliphatic rings. The number of pyridine rings is 1. The quantitative estimate of drug-likeness (QED) is 0.685. The summed E-state index contributed by atoms with van der Waals surface area (Å²) in [6.45, 7) is 9.79. The van der Waals surface area contributed by atoms with Crippen LogP contribution in [0.4, 0.5) is 5.82 Å². The predicted octanol–water partition coefficient (Wildman–Crippen LogP) is 2.75. The highest BCUT2D eigenvalue weighted by molar-refractivity contribution is 5.81. The molecular weight excluding hydrogens is 406 g/mol. The molecule has 0 unspecified atom stereocenters. The topological polar surface area (TPSA) is 80.7 Å². The maximum atomic E-state index is 12.8. The number of fused-ring (bicyclic) bond motifs is 1. The van der Waals surface area contributed by atoms with Crippen molar-refractivity contribution in [1.29, 1.82) is 0 Å². The summed E-state index contributed by atoms with van der Waals surface area (Å²) in [7, 11) is 1.93. The lowest BCUT2D eigenvalue weighted by Gasteiger charge is -2.29. The average molecular weight is 440 g/mol. The predicted molar refractivity (Wildman–Crippen MR) is 123 cm³/mol. The van der Waals surface area contributed by atoms with Crippen molar-refractivity contribution >= 4 is 11.7 Å². The van der Waals surface area contributed by atoms with E-state index in [1.54, 1.807) is 6.20 Å². The minimum absolute atomic E-state index is 0.0659. The molecule has 32 heavy (non-hydrogen) atoms. The molecule has 0 N–H and O–H groups in total. The van der Waals surface area contributed by atoms with Gasteiger partial charge in [0.05, 0.1) is 26.4 Å². The number of hydrogen-bond acceptors (Lipinski definition) is 7. The maximum absolute atomic E-state index is 12.8. The van der Waals surface area contributed by atoms with Crippen molar-refractivity contribution in [2.75, 3.05) is 51.4 Å². The van der Waals surface area contributed by atoms with E-state index in [0.29, 0.717) is 44.4 Å². The van der Waals surface area contributed by atoms with Crippen LogP contribution in [-0.2, 0) is 22.4 Å². The first-order valence-corrected chi connectivity index (χ1v) is 11.4. The minimum Gasteiger partial charge on any atom is -0.493 e. The van der Waals surface area contributed by atoms with Crippen LogP contribution in [0.3, 0.4) is 0 Å². The maximum Gasteiger partial charge on any atom is 0.242 e. The van der Waals surface area contributed by atoms with Gasteiger partial charge in [0.15, 0.2) is 5.82 Å². The molecule has 0 spiro atoms. The summed E-state index contributed by atoms with van der Waals surface area (Å²) in [5.41, 5.74) is 2.95. The summed E-state index contributed by atoms with van der Waals surface area (Å²) in [5.74, 6) is 2.25. The normalized spacial score (nSPS) is 16.1. The van der Waals surface area contributed by atoms with E-state index in [1.165, 1.54) is 0 Å². The first-order chi connectivity index (χ1) is 15.3. The van der Waals surface area contributed by atoms with Gasteiger partial charge in [-0.1, -0.05) is 20.8 Å². The van der Waals surface area contributed by atoms with E-state index in [4.69, 9.17) is 19.4 Å². The van der Waals surface area contributed by atoms with Gasteiger partial charge in [0.1, 0.15) is 17.3 Å². The van der Waals surface area contributed by atoms with Gasteiger partial charge < -0.3 is 19.3 Å². The van der Waals surface area contributed by atoms with Gasteiger partial charge >= 0.3 is 0 Å². The van der Waals surface area contributed by atoms with E-state index >= 15 is 0 Å². The Balaban J connectivity index is 1.57. The van der Waals surface area contributed by atoms with E-state index in [1.807, 2.05) is 29.0 Å². The standard InChI is InChI=1S/C24H33N5O3/c1-24(2,3)16-32-17-8-9-25-20(14-17)22-26-19-7-5-6-18(19)23(27-22)28(4)15-21(30)29-10-12-31-13-11-29/h8-9,14H,5-7,10-13,15-16H2,1-4H3. The van der Waals surface area contributed by atoms with E-state index in [9.17, 15) is 4.79 Å². The summed E-state index contributed by atoms with van der Waals surface area (Å²) in [6, 6.07) is 3.75. The highest BCUT2D eigenvalue weighted by Crippen LogP contribution is 2.31. The number of nitrogens with zero attached hydrogens (tertiary/aromatic N) is 5. The molecule has 0 bridgehead atoms. The molecule has 8 heteroatoms. The molecule has 3 heterocycles. The summed E-state index contributed by atoms with van der Waals surface area (Å²) in [4.78, 5) is 30.8. The molecule has 2 aromatic rings. The molecule has 1 aliphatic carbocycles. The van der Waals surface area contributed by atoms with Crippen LogP contribution in [0.1, 0.15) is 38.4 Å². The number of amides is 1. The van der Waals surface area contributed by atoms with Gasteiger partial charge in [0.25, 0.3) is 0 Å². The van der Waals surface area contributed by atoms with Gasteiger partial charge in [-0.2, -0.15) is 0 Å². The van der Waals surface area contributed by atoms with E-state index in [0.717, 1.165) is 42.1 Å². The molecule has 1 saturated heterocycles. The van der Waals surface area contributed by atoms with Crippen molar-refractivity contribution in [2.45, 2.75) is 40.0 Å². The van der Waals surface area contributed by atoms with Crippen LogP contribution in [0.2, 0.25) is 0 Å². The van der Waals surface area contributed by atoms with Crippen molar-refractivity contribution in [1.82, 2.24) is 19.9 Å². The van der Waals surface area contributed by atoms with Crippen LogP contribution >= 0.6 is 0 Å². The summed E-state index contributed by atoms with van der Waals surface area (Å²) < 4.78 is 11.3. The average Bonchev–Trinajstić information content (AvgIpc) is 3.26. The number of morpholine rings is 1. The Hall–Kier alpha value is -2.74. The molecule has 0 atom stereocenters. The lowest BCUT2D eigenvalue weighted by Crippen LogP contribution is -2.45. The highest BCUT2D eigenvalue weighted by atomic mass is 16.5. The van der Waals surface area contributed by atoms with Crippen molar-refractivity contribution < 1.29 is 14.3 Å². The van der Waals surface area contributed by atoms with Gasteiger partial charge in [0.2, 0.25) is 5.91 Å². The Morgan fingerprint density at radius 1 is 1.22 bits per heavy atom. The fraction of sp³-hybridized carbons (Fsp3) is 0.583. The molecule has 4 rings (SSSR count). The zero-order chi connectivity index (χ0) is 22.7. The molecule has 0 aromatic carbocycles. The van der Waals surface area contributed by atoms with Crippen LogP contribution in [0.15, 0.2) is 18.3 Å². The second kappa shape index (κ2) is 9.40. The first-order valence-electron chi connectivity index (χ1n) is 11.4. The van der Waals surface area contributed by atoms with Crippen LogP contribution in [0, 0.1) is 5.41 Å². The number of ether oxygens (including phenoxy) is 2.